The predicted molar refractivity (Wildman–Crippen MR) is 89.2 cm³/mol. The second kappa shape index (κ2) is 4.10. The summed E-state index contributed by atoms with van der Waals surface area (Å²) in [6, 6.07) is 12.6. The third-order valence-corrected chi connectivity index (χ3v) is 4.29. The zero-order valence-corrected chi connectivity index (χ0v) is 11.9. The quantitative estimate of drug-likeness (QED) is 0.325. The minimum absolute atomic E-state index is 0.0704. The molecule has 0 radical (unpaired) electrons. The molecule has 0 fully saturated rings. The summed E-state index contributed by atoms with van der Waals surface area (Å²) in [4.78, 5) is 33.8. The fourth-order valence-electron chi connectivity index (χ4n) is 3.30. The first-order valence-electron chi connectivity index (χ1n) is 7.19. The molecule has 0 aliphatic carbocycles. The molecule has 5 heteroatoms. The number of aromatic nitrogens is 3. The van der Waals surface area contributed by atoms with Gasteiger partial charge in [0.1, 0.15) is 6.33 Å². The molecule has 5 aromatic rings. The fraction of sp³-hybridized carbons (Fsp3) is 0. The summed E-state index contributed by atoms with van der Waals surface area (Å²) in [6.45, 7) is 0. The number of pyridine rings is 2. The molecule has 3 heterocycles. The van der Waals surface area contributed by atoms with Gasteiger partial charge in [-0.2, -0.15) is 0 Å². The van der Waals surface area contributed by atoms with E-state index in [1.54, 1.807) is 24.3 Å². The Morgan fingerprint density at radius 2 is 1.48 bits per heavy atom. The molecule has 0 N–H and O–H groups in total. The van der Waals surface area contributed by atoms with Gasteiger partial charge >= 0.3 is 0 Å². The number of para-hydroxylation sites is 2. The van der Waals surface area contributed by atoms with E-state index in [1.165, 1.54) is 12.5 Å². The van der Waals surface area contributed by atoms with Gasteiger partial charge in [-0.15, -0.1) is 0 Å². The summed E-state index contributed by atoms with van der Waals surface area (Å²) in [5, 5.41) is 2.09. The Labute approximate surface area is 128 Å². The molecule has 0 aliphatic rings. The van der Waals surface area contributed by atoms with Crippen molar-refractivity contribution >= 4 is 38.2 Å². The minimum Gasteiger partial charge on any atom is -0.292 e. The highest BCUT2D eigenvalue weighted by Crippen LogP contribution is 2.24. The lowest BCUT2D eigenvalue weighted by molar-refractivity contribution is 1.15. The zero-order valence-electron chi connectivity index (χ0n) is 11.9. The Morgan fingerprint density at radius 1 is 0.783 bits per heavy atom. The van der Waals surface area contributed by atoms with Crippen LogP contribution in [0.3, 0.4) is 0 Å². The van der Waals surface area contributed by atoms with Crippen LogP contribution in [-0.4, -0.2) is 14.4 Å². The van der Waals surface area contributed by atoms with Crippen LogP contribution < -0.4 is 10.9 Å². The second-order valence-electron chi connectivity index (χ2n) is 5.47. The van der Waals surface area contributed by atoms with Crippen molar-refractivity contribution in [1.29, 1.82) is 0 Å². The Morgan fingerprint density at radius 3 is 2.30 bits per heavy atom. The molecule has 0 unspecified atom stereocenters. The maximum absolute atomic E-state index is 12.8. The van der Waals surface area contributed by atoms with Crippen LogP contribution in [0.25, 0.3) is 38.2 Å². The maximum atomic E-state index is 12.8. The maximum Gasteiger partial charge on any atom is 0.200 e. The summed E-state index contributed by atoms with van der Waals surface area (Å²) in [5.74, 6) is 0. The van der Waals surface area contributed by atoms with Crippen molar-refractivity contribution < 1.29 is 0 Å². The molecular weight excluding hydrogens is 290 g/mol. The first-order chi connectivity index (χ1) is 11.3. The van der Waals surface area contributed by atoms with E-state index >= 15 is 0 Å². The van der Waals surface area contributed by atoms with Crippen LogP contribution >= 0.6 is 0 Å². The number of rotatable bonds is 0. The fourth-order valence-corrected chi connectivity index (χ4v) is 3.30. The topological polar surface area (TPSA) is 64.3 Å². The minimum atomic E-state index is -0.152. The molecule has 3 aromatic heterocycles. The van der Waals surface area contributed by atoms with Gasteiger partial charge in [0.25, 0.3) is 0 Å². The smallest absolute Gasteiger partial charge is 0.200 e. The summed E-state index contributed by atoms with van der Waals surface area (Å²) >= 11 is 0. The lowest BCUT2D eigenvalue weighted by Gasteiger charge is -2.12. The molecule has 0 bridgehead atoms. The molecule has 5 rings (SSSR count). The van der Waals surface area contributed by atoms with E-state index in [9.17, 15) is 9.59 Å². The van der Waals surface area contributed by atoms with Crippen LogP contribution in [0.5, 0.6) is 0 Å². The molecule has 2 aromatic carbocycles. The van der Waals surface area contributed by atoms with Crippen molar-refractivity contribution in [2.75, 3.05) is 0 Å². The molecule has 0 aliphatic heterocycles. The van der Waals surface area contributed by atoms with Crippen molar-refractivity contribution in [3.63, 3.8) is 0 Å². The number of nitrogens with zero attached hydrogens (tertiary/aromatic N) is 3. The Balaban J connectivity index is 2.37. The van der Waals surface area contributed by atoms with Crippen molar-refractivity contribution in [2.45, 2.75) is 0 Å². The van der Waals surface area contributed by atoms with E-state index in [4.69, 9.17) is 0 Å². The van der Waals surface area contributed by atoms with E-state index < -0.39 is 0 Å². The third kappa shape index (κ3) is 1.41. The average molecular weight is 299 g/mol. The molecule has 0 spiro atoms. The van der Waals surface area contributed by atoms with Crippen LogP contribution in [0.2, 0.25) is 0 Å². The molecule has 108 valence electrons. The number of fused-ring (bicyclic) bond motifs is 4. The van der Waals surface area contributed by atoms with Gasteiger partial charge < -0.3 is 0 Å². The van der Waals surface area contributed by atoms with Gasteiger partial charge in [-0.25, -0.2) is 9.97 Å². The SMILES string of the molecule is O=c1c2ccccc2n2c3ncncc3c(=O)c3cccc1c32. The van der Waals surface area contributed by atoms with Crippen molar-refractivity contribution in [2.24, 2.45) is 0 Å². The monoisotopic (exact) mass is 299 g/mol. The van der Waals surface area contributed by atoms with E-state index in [1.807, 2.05) is 22.6 Å². The largest absolute Gasteiger partial charge is 0.292 e. The van der Waals surface area contributed by atoms with Crippen molar-refractivity contribution in [3.05, 3.63) is 75.4 Å². The van der Waals surface area contributed by atoms with Crippen LogP contribution in [0.4, 0.5) is 0 Å². The standard InChI is InChI=1S/C18H9N3O2/c22-16-10-4-1-2-7-14(10)21-15-11(16)5-3-6-12(15)17(23)13-8-19-9-20-18(13)21/h1-9H. The summed E-state index contributed by atoms with van der Waals surface area (Å²) < 4.78 is 1.89. The number of hydrogen-bond donors (Lipinski definition) is 0. The van der Waals surface area contributed by atoms with Gasteiger partial charge in [0.15, 0.2) is 16.5 Å². The van der Waals surface area contributed by atoms with E-state index in [0.717, 1.165) is 5.52 Å². The second-order valence-corrected chi connectivity index (χ2v) is 5.47. The summed E-state index contributed by atoms with van der Waals surface area (Å²) in [5.41, 5.74) is 1.65. The molecule has 23 heavy (non-hydrogen) atoms. The lowest BCUT2D eigenvalue weighted by Crippen LogP contribution is -2.14. The molecule has 0 atom stereocenters. The van der Waals surface area contributed by atoms with Gasteiger partial charge in [0.2, 0.25) is 0 Å². The van der Waals surface area contributed by atoms with Gasteiger partial charge in [0.05, 0.1) is 16.4 Å². The van der Waals surface area contributed by atoms with Crippen LogP contribution in [0, 0.1) is 0 Å². The zero-order chi connectivity index (χ0) is 15.6. The predicted octanol–water partition coefficient (Wildman–Crippen LogP) is 2.35. The molecule has 0 saturated carbocycles. The first kappa shape index (κ1) is 12.2. The van der Waals surface area contributed by atoms with Gasteiger partial charge in [0, 0.05) is 22.4 Å². The van der Waals surface area contributed by atoms with Crippen LogP contribution in [-0.2, 0) is 0 Å². The normalized spacial score (nSPS) is 11.8. The lowest BCUT2D eigenvalue weighted by atomic mass is 10.0. The van der Waals surface area contributed by atoms with E-state index in [2.05, 4.69) is 9.97 Å². The summed E-state index contributed by atoms with van der Waals surface area (Å²) in [7, 11) is 0. The first-order valence-corrected chi connectivity index (χ1v) is 7.19. The van der Waals surface area contributed by atoms with Gasteiger partial charge in [-0.05, 0) is 24.3 Å². The molecular formula is C18H9N3O2. The molecule has 0 saturated heterocycles. The van der Waals surface area contributed by atoms with Crippen molar-refractivity contribution in [3.8, 4) is 0 Å². The third-order valence-electron chi connectivity index (χ3n) is 4.29. The summed E-state index contributed by atoms with van der Waals surface area (Å²) in [6.07, 6.45) is 2.94. The Hall–Kier alpha value is -3.34. The highest BCUT2D eigenvalue weighted by Gasteiger charge is 2.16. The molecule has 5 nitrogen and oxygen atoms in total. The highest BCUT2D eigenvalue weighted by molar-refractivity contribution is 6.06. The Bertz CT molecular complexity index is 1260. The molecule has 0 amide bonds. The van der Waals surface area contributed by atoms with Crippen LogP contribution in [0.1, 0.15) is 0 Å². The van der Waals surface area contributed by atoms with Crippen molar-refractivity contribution in [1.82, 2.24) is 14.4 Å². The number of hydrogen-bond acceptors (Lipinski definition) is 4. The van der Waals surface area contributed by atoms with E-state index in [0.29, 0.717) is 32.7 Å². The highest BCUT2D eigenvalue weighted by atomic mass is 16.1. The average Bonchev–Trinajstić information content (AvgIpc) is 2.61. The number of benzene rings is 2. The van der Waals surface area contributed by atoms with E-state index in [-0.39, 0.29) is 10.9 Å². The Kier molecular flexibility index (Phi) is 2.18. The van der Waals surface area contributed by atoms with Gasteiger partial charge in [-0.1, -0.05) is 18.2 Å². The van der Waals surface area contributed by atoms with Gasteiger partial charge in [-0.3, -0.25) is 14.0 Å². The van der Waals surface area contributed by atoms with Crippen LogP contribution in [0.15, 0.2) is 64.6 Å².